The molecule has 0 aliphatic carbocycles. The van der Waals surface area contributed by atoms with Crippen molar-refractivity contribution in [3.05, 3.63) is 28.8 Å². The van der Waals surface area contributed by atoms with Crippen molar-refractivity contribution < 1.29 is 9.53 Å². The summed E-state index contributed by atoms with van der Waals surface area (Å²) in [5.41, 5.74) is 16.4. The second-order valence-electron chi connectivity index (χ2n) is 3.16. The van der Waals surface area contributed by atoms with Crippen LogP contribution in [0.15, 0.2) is 28.2 Å². The second-order valence-corrected chi connectivity index (χ2v) is 3.57. The predicted octanol–water partition coefficient (Wildman–Crippen LogP) is 0.346. The summed E-state index contributed by atoms with van der Waals surface area (Å²) in [4.78, 5) is 18.7. The molecule has 0 saturated heterocycles. The molecule has 18 heavy (non-hydrogen) atoms. The lowest BCUT2D eigenvalue weighted by Gasteiger charge is -2.02. The zero-order valence-corrected chi connectivity index (χ0v) is 10.3. The molecular weight excluding hydrogens is 258 g/mol. The molecule has 1 aromatic carbocycles. The first-order valence-electron chi connectivity index (χ1n) is 4.75. The molecule has 0 bridgehead atoms. The number of benzene rings is 1. The van der Waals surface area contributed by atoms with E-state index in [1.54, 1.807) is 0 Å². The Labute approximate surface area is 108 Å². The average molecular weight is 270 g/mol. The number of guanidine groups is 2. The number of ether oxygens (including phenoxy) is 1. The fourth-order valence-electron chi connectivity index (χ4n) is 1.12. The van der Waals surface area contributed by atoms with Crippen LogP contribution in [0, 0.1) is 0 Å². The van der Waals surface area contributed by atoms with Crippen molar-refractivity contribution in [3.63, 3.8) is 0 Å². The largest absolute Gasteiger partial charge is 0.465 e. The SMILES string of the molecule is COC(=O)c1ccc(N=C(N)N=C(N)N)c(Cl)c1. The summed E-state index contributed by atoms with van der Waals surface area (Å²) < 4.78 is 4.55. The number of hydrogen-bond acceptors (Lipinski definition) is 3. The van der Waals surface area contributed by atoms with Crippen LogP contribution in [0.3, 0.4) is 0 Å². The zero-order chi connectivity index (χ0) is 13.7. The fraction of sp³-hybridized carbons (Fsp3) is 0.100. The number of nitrogens with two attached hydrogens (primary N) is 3. The van der Waals surface area contributed by atoms with Gasteiger partial charge >= 0.3 is 5.97 Å². The van der Waals surface area contributed by atoms with Gasteiger partial charge in [0.15, 0.2) is 5.96 Å². The molecule has 0 spiro atoms. The van der Waals surface area contributed by atoms with Crippen molar-refractivity contribution in [2.24, 2.45) is 27.2 Å². The molecule has 0 atom stereocenters. The van der Waals surface area contributed by atoms with Crippen LogP contribution in [-0.2, 0) is 4.74 Å². The molecule has 1 aromatic rings. The fourth-order valence-corrected chi connectivity index (χ4v) is 1.35. The Morgan fingerprint density at radius 1 is 1.33 bits per heavy atom. The molecular formula is C10H12ClN5O2. The molecule has 0 aliphatic rings. The van der Waals surface area contributed by atoms with E-state index in [-0.39, 0.29) is 16.9 Å². The number of halogens is 1. The minimum atomic E-state index is -0.496. The Hall–Kier alpha value is -2.28. The number of rotatable bonds is 2. The minimum Gasteiger partial charge on any atom is -0.465 e. The van der Waals surface area contributed by atoms with Crippen LogP contribution in [0.25, 0.3) is 0 Å². The lowest BCUT2D eigenvalue weighted by Crippen LogP contribution is -2.26. The van der Waals surface area contributed by atoms with Crippen molar-refractivity contribution in [1.82, 2.24) is 0 Å². The van der Waals surface area contributed by atoms with Crippen molar-refractivity contribution in [2.75, 3.05) is 7.11 Å². The van der Waals surface area contributed by atoms with Gasteiger partial charge in [-0.3, -0.25) is 0 Å². The summed E-state index contributed by atoms with van der Waals surface area (Å²) >= 11 is 5.93. The Balaban J connectivity index is 3.07. The first kappa shape index (κ1) is 13.8. The van der Waals surface area contributed by atoms with Gasteiger partial charge in [0.2, 0.25) is 5.96 Å². The Morgan fingerprint density at radius 2 is 2.00 bits per heavy atom. The van der Waals surface area contributed by atoms with Gasteiger partial charge in [0.25, 0.3) is 0 Å². The summed E-state index contributed by atoms with van der Waals surface area (Å²) in [5, 5.41) is 0.228. The van der Waals surface area contributed by atoms with E-state index in [4.69, 9.17) is 28.8 Å². The Bertz CT molecular complexity index is 523. The van der Waals surface area contributed by atoms with Crippen molar-refractivity contribution in [3.8, 4) is 0 Å². The van der Waals surface area contributed by atoms with E-state index in [1.165, 1.54) is 25.3 Å². The second kappa shape index (κ2) is 5.87. The van der Waals surface area contributed by atoms with E-state index in [0.29, 0.717) is 11.3 Å². The minimum absolute atomic E-state index is 0.136. The summed E-state index contributed by atoms with van der Waals surface area (Å²) in [5.74, 6) is -0.842. The highest BCUT2D eigenvalue weighted by atomic mass is 35.5. The molecule has 0 aliphatic heterocycles. The average Bonchev–Trinajstić information content (AvgIpc) is 2.29. The standard InChI is InChI=1S/C10H12ClN5O2/c1-18-8(17)5-2-3-7(6(11)4-5)15-10(14)16-9(12)13/h2-4H,1H3,(H6,12,13,14,15,16). The van der Waals surface area contributed by atoms with Crippen molar-refractivity contribution >= 4 is 35.2 Å². The van der Waals surface area contributed by atoms with Crippen LogP contribution in [0.1, 0.15) is 10.4 Å². The predicted molar refractivity (Wildman–Crippen MR) is 69.9 cm³/mol. The molecule has 0 aromatic heterocycles. The lowest BCUT2D eigenvalue weighted by atomic mass is 10.2. The van der Waals surface area contributed by atoms with Gasteiger partial charge in [-0.2, -0.15) is 4.99 Å². The summed E-state index contributed by atoms with van der Waals surface area (Å²) in [6.45, 7) is 0. The number of nitrogens with zero attached hydrogens (tertiary/aromatic N) is 2. The Kier molecular flexibility index (Phi) is 4.50. The van der Waals surface area contributed by atoms with Gasteiger partial charge in [0.05, 0.1) is 23.4 Å². The van der Waals surface area contributed by atoms with Crippen LogP contribution in [0.2, 0.25) is 5.02 Å². The molecule has 0 heterocycles. The monoisotopic (exact) mass is 269 g/mol. The van der Waals surface area contributed by atoms with Crippen LogP contribution >= 0.6 is 11.6 Å². The Morgan fingerprint density at radius 3 is 2.50 bits per heavy atom. The third-order valence-corrected chi connectivity index (χ3v) is 2.15. The first-order chi connectivity index (χ1) is 8.43. The van der Waals surface area contributed by atoms with Gasteiger partial charge in [0, 0.05) is 0 Å². The van der Waals surface area contributed by atoms with Gasteiger partial charge < -0.3 is 21.9 Å². The summed E-state index contributed by atoms with van der Waals surface area (Å²) in [6.07, 6.45) is 0. The molecule has 96 valence electrons. The highest BCUT2D eigenvalue weighted by Crippen LogP contribution is 2.26. The van der Waals surface area contributed by atoms with Crippen LogP contribution < -0.4 is 17.2 Å². The van der Waals surface area contributed by atoms with E-state index < -0.39 is 5.97 Å². The normalized spacial score (nSPS) is 10.9. The van der Waals surface area contributed by atoms with E-state index in [2.05, 4.69) is 14.7 Å². The van der Waals surface area contributed by atoms with Crippen molar-refractivity contribution in [1.29, 1.82) is 0 Å². The van der Waals surface area contributed by atoms with Gasteiger partial charge in [-0.1, -0.05) is 11.6 Å². The topological polar surface area (TPSA) is 129 Å². The molecule has 0 saturated carbocycles. The number of carbonyl (C=O) groups excluding carboxylic acids is 1. The molecule has 0 amide bonds. The molecule has 7 nitrogen and oxygen atoms in total. The molecule has 0 fully saturated rings. The molecule has 1 rings (SSSR count). The summed E-state index contributed by atoms with van der Waals surface area (Å²) in [7, 11) is 1.28. The van der Waals surface area contributed by atoms with Gasteiger partial charge in [-0.15, -0.1) is 0 Å². The number of esters is 1. The number of methoxy groups -OCH3 is 1. The van der Waals surface area contributed by atoms with E-state index in [9.17, 15) is 4.79 Å². The maximum absolute atomic E-state index is 11.2. The van der Waals surface area contributed by atoms with Gasteiger partial charge in [-0.05, 0) is 18.2 Å². The quantitative estimate of drug-likeness (QED) is 0.405. The van der Waals surface area contributed by atoms with E-state index in [0.717, 1.165) is 0 Å². The number of carbonyl (C=O) groups is 1. The first-order valence-corrected chi connectivity index (χ1v) is 5.13. The maximum Gasteiger partial charge on any atom is 0.337 e. The zero-order valence-electron chi connectivity index (χ0n) is 9.55. The molecule has 8 heteroatoms. The third-order valence-electron chi connectivity index (χ3n) is 1.85. The lowest BCUT2D eigenvalue weighted by molar-refractivity contribution is 0.0601. The van der Waals surface area contributed by atoms with Crippen LogP contribution in [0.4, 0.5) is 5.69 Å². The maximum atomic E-state index is 11.2. The van der Waals surface area contributed by atoms with Crippen LogP contribution in [-0.4, -0.2) is 25.0 Å². The van der Waals surface area contributed by atoms with E-state index in [1.807, 2.05) is 0 Å². The van der Waals surface area contributed by atoms with E-state index >= 15 is 0 Å². The van der Waals surface area contributed by atoms with Crippen LogP contribution in [0.5, 0.6) is 0 Å². The van der Waals surface area contributed by atoms with Gasteiger partial charge in [0.1, 0.15) is 0 Å². The smallest absolute Gasteiger partial charge is 0.337 e. The highest BCUT2D eigenvalue weighted by molar-refractivity contribution is 6.33. The highest BCUT2D eigenvalue weighted by Gasteiger charge is 2.08. The van der Waals surface area contributed by atoms with Gasteiger partial charge in [-0.25, -0.2) is 9.79 Å². The van der Waals surface area contributed by atoms with Crippen molar-refractivity contribution in [2.45, 2.75) is 0 Å². The summed E-state index contributed by atoms with van der Waals surface area (Å²) in [6, 6.07) is 4.41. The third kappa shape index (κ3) is 3.63. The number of hydrogen-bond donors (Lipinski definition) is 3. The molecule has 0 unspecified atom stereocenters. The molecule has 6 N–H and O–H groups in total. The molecule has 0 radical (unpaired) electrons. The number of aliphatic imine (C=N–C) groups is 2.